The lowest BCUT2D eigenvalue weighted by Gasteiger charge is -2.25. The van der Waals surface area contributed by atoms with Gasteiger partial charge in [-0.15, -0.1) is 0 Å². The molecule has 0 bridgehead atoms. The third kappa shape index (κ3) is 4.75. The number of anilines is 1. The Morgan fingerprint density at radius 3 is 1.76 bits per heavy atom. The van der Waals surface area contributed by atoms with Crippen molar-refractivity contribution in [1.29, 1.82) is 0 Å². The fraction of sp³-hybridized carbons (Fsp3) is 0.571. The normalized spacial score (nSPS) is 10.6. The van der Waals surface area contributed by atoms with Gasteiger partial charge in [-0.3, -0.25) is 0 Å². The van der Waals surface area contributed by atoms with E-state index in [1.54, 1.807) is 14.2 Å². The molecule has 0 spiro atoms. The van der Waals surface area contributed by atoms with Gasteiger partial charge in [-0.25, -0.2) is 0 Å². The van der Waals surface area contributed by atoms with Gasteiger partial charge in [0.1, 0.15) is 0 Å². The third-order valence-corrected chi connectivity index (χ3v) is 2.70. The zero-order chi connectivity index (χ0) is 12.7. The molecular formula is C14H23NO2. The van der Waals surface area contributed by atoms with Crippen LogP contribution in [0.15, 0.2) is 18.2 Å². The number of rotatable bonds is 7. The molecule has 0 unspecified atom stereocenters. The Bertz CT molecular complexity index is 311. The van der Waals surface area contributed by atoms with Crippen molar-refractivity contribution >= 4 is 5.69 Å². The third-order valence-electron chi connectivity index (χ3n) is 2.70. The van der Waals surface area contributed by atoms with Gasteiger partial charge in [0, 0.05) is 33.0 Å². The quantitative estimate of drug-likeness (QED) is 0.727. The predicted molar refractivity (Wildman–Crippen MR) is 71.9 cm³/mol. The Balaban J connectivity index is 2.78. The van der Waals surface area contributed by atoms with Crippen LogP contribution in [0.1, 0.15) is 11.1 Å². The highest BCUT2D eigenvalue weighted by molar-refractivity contribution is 5.50. The van der Waals surface area contributed by atoms with Crippen LogP contribution in [0.3, 0.4) is 0 Å². The summed E-state index contributed by atoms with van der Waals surface area (Å²) in [5.74, 6) is 0. The summed E-state index contributed by atoms with van der Waals surface area (Å²) in [6.45, 7) is 7.50. The van der Waals surface area contributed by atoms with Crippen LogP contribution >= 0.6 is 0 Å². The molecule has 0 saturated heterocycles. The fourth-order valence-electron chi connectivity index (χ4n) is 1.91. The Kier molecular flexibility index (Phi) is 6.01. The van der Waals surface area contributed by atoms with Crippen molar-refractivity contribution in [2.45, 2.75) is 13.8 Å². The summed E-state index contributed by atoms with van der Waals surface area (Å²) in [5.41, 5.74) is 3.83. The van der Waals surface area contributed by atoms with Crippen molar-refractivity contribution in [3.05, 3.63) is 29.3 Å². The summed E-state index contributed by atoms with van der Waals surface area (Å²) >= 11 is 0. The molecule has 0 N–H and O–H groups in total. The second kappa shape index (κ2) is 7.30. The van der Waals surface area contributed by atoms with Crippen molar-refractivity contribution in [3.63, 3.8) is 0 Å². The second-order valence-electron chi connectivity index (χ2n) is 4.32. The van der Waals surface area contributed by atoms with E-state index in [1.165, 1.54) is 16.8 Å². The lowest BCUT2D eigenvalue weighted by atomic mass is 10.1. The summed E-state index contributed by atoms with van der Waals surface area (Å²) in [6.07, 6.45) is 0. The van der Waals surface area contributed by atoms with Gasteiger partial charge in [0.15, 0.2) is 0 Å². The van der Waals surface area contributed by atoms with Crippen LogP contribution in [0.5, 0.6) is 0 Å². The molecule has 0 heterocycles. The van der Waals surface area contributed by atoms with Crippen LogP contribution in [0, 0.1) is 13.8 Å². The van der Waals surface area contributed by atoms with E-state index >= 15 is 0 Å². The Morgan fingerprint density at radius 1 is 0.882 bits per heavy atom. The molecule has 0 amide bonds. The van der Waals surface area contributed by atoms with Gasteiger partial charge in [0.05, 0.1) is 13.2 Å². The molecule has 0 radical (unpaired) electrons. The van der Waals surface area contributed by atoms with Gasteiger partial charge in [0.25, 0.3) is 0 Å². The molecule has 0 aromatic heterocycles. The Hall–Kier alpha value is -1.06. The van der Waals surface area contributed by atoms with Gasteiger partial charge < -0.3 is 14.4 Å². The van der Waals surface area contributed by atoms with Gasteiger partial charge in [-0.05, 0) is 37.1 Å². The number of nitrogens with zero attached hydrogens (tertiary/aromatic N) is 1. The summed E-state index contributed by atoms with van der Waals surface area (Å²) in [6, 6.07) is 6.60. The molecule has 96 valence electrons. The SMILES string of the molecule is COCCN(CCOC)c1cc(C)cc(C)c1. The Labute approximate surface area is 104 Å². The number of methoxy groups -OCH3 is 2. The van der Waals surface area contributed by atoms with Crippen molar-refractivity contribution in [2.75, 3.05) is 45.4 Å². The molecule has 3 heteroatoms. The lowest BCUT2D eigenvalue weighted by molar-refractivity contribution is 0.190. The Morgan fingerprint density at radius 2 is 1.35 bits per heavy atom. The predicted octanol–water partition coefficient (Wildman–Crippen LogP) is 2.40. The van der Waals surface area contributed by atoms with Crippen LogP contribution in [0.2, 0.25) is 0 Å². The first kappa shape index (κ1) is 14.0. The van der Waals surface area contributed by atoms with Crippen molar-refractivity contribution in [3.8, 4) is 0 Å². The smallest absolute Gasteiger partial charge is 0.0637 e. The van der Waals surface area contributed by atoms with Crippen molar-refractivity contribution < 1.29 is 9.47 Å². The van der Waals surface area contributed by atoms with Crippen LogP contribution in [-0.2, 0) is 9.47 Å². The summed E-state index contributed by atoms with van der Waals surface area (Å²) < 4.78 is 10.3. The van der Waals surface area contributed by atoms with Crippen molar-refractivity contribution in [1.82, 2.24) is 0 Å². The molecule has 0 aliphatic heterocycles. The maximum atomic E-state index is 5.15. The average Bonchev–Trinajstić information content (AvgIpc) is 2.28. The lowest BCUT2D eigenvalue weighted by Crippen LogP contribution is -2.30. The van der Waals surface area contributed by atoms with E-state index in [1.807, 2.05) is 0 Å². The topological polar surface area (TPSA) is 21.7 Å². The first-order chi connectivity index (χ1) is 8.17. The van der Waals surface area contributed by atoms with E-state index in [-0.39, 0.29) is 0 Å². The zero-order valence-corrected chi connectivity index (χ0v) is 11.3. The van der Waals surface area contributed by atoms with E-state index < -0.39 is 0 Å². The first-order valence-electron chi connectivity index (χ1n) is 5.98. The number of aryl methyl sites for hydroxylation is 2. The van der Waals surface area contributed by atoms with Crippen LogP contribution in [-0.4, -0.2) is 40.5 Å². The van der Waals surface area contributed by atoms with Gasteiger partial charge in [0.2, 0.25) is 0 Å². The van der Waals surface area contributed by atoms with Gasteiger partial charge >= 0.3 is 0 Å². The van der Waals surface area contributed by atoms with E-state index in [0.29, 0.717) is 0 Å². The molecule has 0 atom stereocenters. The molecular weight excluding hydrogens is 214 g/mol. The van der Waals surface area contributed by atoms with E-state index in [0.717, 1.165) is 26.3 Å². The highest BCUT2D eigenvalue weighted by Crippen LogP contribution is 2.18. The second-order valence-corrected chi connectivity index (χ2v) is 4.32. The van der Waals surface area contributed by atoms with E-state index in [2.05, 4.69) is 36.9 Å². The number of ether oxygens (including phenoxy) is 2. The summed E-state index contributed by atoms with van der Waals surface area (Å²) in [5, 5.41) is 0. The standard InChI is InChI=1S/C14H23NO2/c1-12-9-13(2)11-14(10-12)15(5-7-16-3)6-8-17-4/h9-11H,5-8H2,1-4H3. The fourth-order valence-corrected chi connectivity index (χ4v) is 1.91. The molecule has 17 heavy (non-hydrogen) atoms. The monoisotopic (exact) mass is 237 g/mol. The molecule has 0 fully saturated rings. The largest absolute Gasteiger partial charge is 0.383 e. The zero-order valence-electron chi connectivity index (χ0n) is 11.3. The number of benzene rings is 1. The molecule has 0 aliphatic rings. The maximum absolute atomic E-state index is 5.15. The van der Waals surface area contributed by atoms with Gasteiger partial charge in [-0.2, -0.15) is 0 Å². The highest BCUT2D eigenvalue weighted by atomic mass is 16.5. The maximum Gasteiger partial charge on any atom is 0.0637 e. The minimum absolute atomic E-state index is 0.733. The molecule has 1 rings (SSSR count). The number of hydrogen-bond acceptors (Lipinski definition) is 3. The summed E-state index contributed by atoms with van der Waals surface area (Å²) in [7, 11) is 3.46. The van der Waals surface area contributed by atoms with E-state index in [9.17, 15) is 0 Å². The van der Waals surface area contributed by atoms with Crippen LogP contribution in [0.25, 0.3) is 0 Å². The highest BCUT2D eigenvalue weighted by Gasteiger charge is 2.07. The molecule has 0 aliphatic carbocycles. The van der Waals surface area contributed by atoms with Crippen molar-refractivity contribution in [2.24, 2.45) is 0 Å². The van der Waals surface area contributed by atoms with Gasteiger partial charge in [-0.1, -0.05) is 6.07 Å². The van der Waals surface area contributed by atoms with E-state index in [4.69, 9.17) is 9.47 Å². The molecule has 1 aromatic rings. The summed E-state index contributed by atoms with van der Waals surface area (Å²) in [4.78, 5) is 2.30. The minimum Gasteiger partial charge on any atom is -0.383 e. The first-order valence-corrected chi connectivity index (χ1v) is 5.98. The average molecular weight is 237 g/mol. The van der Waals surface area contributed by atoms with Crippen LogP contribution < -0.4 is 4.90 Å². The van der Waals surface area contributed by atoms with Crippen LogP contribution in [0.4, 0.5) is 5.69 Å². The molecule has 0 saturated carbocycles. The number of hydrogen-bond donors (Lipinski definition) is 0. The molecule has 3 nitrogen and oxygen atoms in total. The molecule has 1 aromatic carbocycles. The minimum atomic E-state index is 0.733.